The summed E-state index contributed by atoms with van der Waals surface area (Å²) in [5.74, 6) is -0.365. The minimum atomic E-state index is -0.587. The van der Waals surface area contributed by atoms with E-state index in [0.29, 0.717) is 5.75 Å². The van der Waals surface area contributed by atoms with E-state index in [1.807, 2.05) is 58.9 Å². The van der Waals surface area contributed by atoms with Gasteiger partial charge in [-0.3, -0.25) is 4.79 Å². The zero-order valence-electron chi connectivity index (χ0n) is 15.9. The fourth-order valence-electron chi connectivity index (χ4n) is 2.69. The molecule has 0 fully saturated rings. The van der Waals surface area contributed by atoms with Crippen LogP contribution in [0.5, 0.6) is 5.75 Å². The molecule has 1 N–H and O–H groups in total. The van der Waals surface area contributed by atoms with Gasteiger partial charge in [0, 0.05) is 5.69 Å². The summed E-state index contributed by atoms with van der Waals surface area (Å²) in [6.45, 7) is 9.25. The summed E-state index contributed by atoms with van der Waals surface area (Å²) in [4.78, 5) is 23.8. The monoisotopic (exact) mass is 355 g/mol. The van der Waals surface area contributed by atoms with E-state index in [-0.39, 0.29) is 19.1 Å². The molecular weight excluding hydrogens is 330 g/mol. The zero-order chi connectivity index (χ0) is 19.3. The molecule has 0 spiro atoms. The molecule has 2 aromatic rings. The van der Waals surface area contributed by atoms with Crippen molar-refractivity contribution in [1.82, 2.24) is 0 Å². The van der Waals surface area contributed by atoms with Crippen molar-refractivity contribution in [3.63, 3.8) is 0 Å². The standard InChI is InChI=1S/C21H25NO4/c1-13-8-16(4)21(17(5)9-13)22-19(23)11-26-20(24)12-25-18-7-6-14(2)15(3)10-18/h6-10H,11-12H2,1-5H3,(H,22,23). The lowest BCUT2D eigenvalue weighted by Gasteiger charge is -2.13. The lowest BCUT2D eigenvalue weighted by molar-refractivity contribution is -0.149. The number of rotatable bonds is 6. The molecule has 0 saturated carbocycles. The molecule has 2 aromatic carbocycles. The van der Waals surface area contributed by atoms with Crippen LogP contribution in [0.2, 0.25) is 0 Å². The van der Waals surface area contributed by atoms with E-state index in [2.05, 4.69) is 5.32 Å². The first-order valence-corrected chi connectivity index (χ1v) is 8.49. The summed E-state index contributed by atoms with van der Waals surface area (Å²) in [6, 6.07) is 9.57. The maximum absolute atomic E-state index is 12.0. The van der Waals surface area contributed by atoms with Crippen molar-refractivity contribution in [2.75, 3.05) is 18.5 Å². The number of ether oxygens (including phenoxy) is 2. The Morgan fingerprint density at radius 3 is 2.12 bits per heavy atom. The predicted molar refractivity (Wildman–Crippen MR) is 102 cm³/mol. The molecule has 5 nitrogen and oxygen atoms in total. The second-order valence-corrected chi connectivity index (χ2v) is 6.52. The van der Waals surface area contributed by atoms with Crippen molar-refractivity contribution >= 4 is 17.6 Å². The lowest BCUT2D eigenvalue weighted by Crippen LogP contribution is -2.24. The lowest BCUT2D eigenvalue weighted by atomic mass is 10.1. The Labute approximate surface area is 154 Å². The molecule has 0 atom stereocenters. The molecule has 0 aliphatic rings. The molecule has 0 saturated heterocycles. The molecule has 138 valence electrons. The third-order valence-corrected chi connectivity index (χ3v) is 4.14. The van der Waals surface area contributed by atoms with Gasteiger partial charge < -0.3 is 14.8 Å². The minimum absolute atomic E-state index is 0.238. The number of carbonyl (C=O) groups excluding carboxylic acids is 2. The SMILES string of the molecule is Cc1cc(C)c(NC(=O)COC(=O)COc2ccc(C)c(C)c2)c(C)c1. The molecule has 0 heterocycles. The number of amides is 1. The second kappa shape index (κ2) is 8.52. The molecule has 0 unspecified atom stereocenters. The van der Waals surface area contributed by atoms with Gasteiger partial charge in [-0.05, 0) is 69.0 Å². The fraction of sp³-hybridized carbons (Fsp3) is 0.333. The van der Waals surface area contributed by atoms with Crippen LogP contribution in [0.4, 0.5) is 5.69 Å². The molecule has 0 aliphatic carbocycles. The van der Waals surface area contributed by atoms with Gasteiger partial charge in [-0.1, -0.05) is 23.8 Å². The van der Waals surface area contributed by atoms with Crippen LogP contribution in [-0.4, -0.2) is 25.1 Å². The largest absolute Gasteiger partial charge is 0.482 e. The van der Waals surface area contributed by atoms with E-state index in [4.69, 9.17) is 9.47 Å². The molecule has 0 aromatic heterocycles. The van der Waals surface area contributed by atoms with Gasteiger partial charge in [0.2, 0.25) is 0 Å². The van der Waals surface area contributed by atoms with Crippen LogP contribution in [0.3, 0.4) is 0 Å². The van der Waals surface area contributed by atoms with Crippen LogP contribution in [0.25, 0.3) is 0 Å². The molecule has 26 heavy (non-hydrogen) atoms. The Balaban J connectivity index is 1.81. The van der Waals surface area contributed by atoms with Gasteiger partial charge in [0.25, 0.3) is 5.91 Å². The average Bonchev–Trinajstić information content (AvgIpc) is 2.57. The van der Waals surface area contributed by atoms with Crippen molar-refractivity contribution < 1.29 is 19.1 Å². The van der Waals surface area contributed by atoms with E-state index in [1.54, 1.807) is 6.07 Å². The summed E-state index contributed by atoms with van der Waals surface area (Å²) in [6.07, 6.45) is 0. The van der Waals surface area contributed by atoms with E-state index < -0.39 is 5.97 Å². The molecule has 2 rings (SSSR count). The van der Waals surface area contributed by atoms with Crippen molar-refractivity contribution in [1.29, 1.82) is 0 Å². The average molecular weight is 355 g/mol. The number of aryl methyl sites for hydroxylation is 5. The maximum Gasteiger partial charge on any atom is 0.344 e. The maximum atomic E-state index is 12.0. The van der Waals surface area contributed by atoms with E-state index >= 15 is 0 Å². The Morgan fingerprint density at radius 1 is 0.846 bits per heavy atom. The third kappa shape index (κ3) is 5.34. The molecule has 1 amide bonds. The van der Waals surface area contributed by atoms with Crippen LogP contribution in [0, 0.1) is 34.6 Å². The highest BCUT2D eigenvalue weighted by Gasteiger charge is 2.12. The minimum Gasteiger partial charge on any atom is -0.482 e. The molecule has 0 bridgehead atoms. The van der Waals surface area contributed by atoms with Gasteiger partial charge in [-0.15, -0.1) is 0 Å². The summed E-state index contributed by atoms with van der Waals surface area (Å²) < 4.78 is 10.4. The first-order valence-electron chi connectivity index (χ1n) is 8.49. The first kappa shape index (κ1) is 19.5. The number of hydrogen-bond donors (Lipinski definition) is 1. The van der Waals surface area contributed by atoms with Crippen molar-refractivity contribution in [3.8, 4) is 5.75 Å². The summed E-state index contributed by atoms with van der Waals surface area (Å²) in [5, 5.41) is 2.79. The van der Waals surface area contributed by atoms with Gasteiger partial charge in [0.1, 0.15) is 5.75 Å². The first-order chi connectivity index (χ1) is 12.3. The zero-order valence-corrected chi connectivity index (χ0v) is 15.9. The predicted octanol–water partition coefficient (Wildman–Crippen LogP) is 3.79. The van der Waals surface area contributed by atoms with E-state index in [9.17, 15) is 9.59 Å². The van der Waals surface area contributed by atoms with Gasteiger partial charge in [0.05, 0.1) is 0 Å². The van der Waals surface area contributed by atoms with Gasteiger partial charge in [-0.25, -0.2) is 4.79 Å². The van der Waals surface area contributed by atoms with Crippen LogP contribution < -0.4 is 10.1 Å². The number of anilines is 1. The highest BCUT2D eigenvalue weighted by Crippen LogP contribution is 2.21. The summed E-state index contributed by atoms with van der Waals surface area (Å²) in [7, 11) is 0. The van der Waals surface area contributed by atoms with Crippen LogP contribution in [0.15, 0.2) is 30.3 Å². The summed E-state index contributed by atoms with van der Waals surface area (Å²) >= 11 is 0. The van der Waals surface area contributed by atoms with Crippen LogP contribution >= 0.6 is 0 Å². The smallest absolute Gasteiger partial charge is 0.344 e. The topological polar surface area (TPSA) is 64.6 Å². The highest BCUT2D eigenvalue weighted by atomic mass is 16.6. The van der Waals surface area contributed by atoms with Crippen LogP contribution in [0.1, 0.15) is 27.8 Å². The number of esters is 1. The Hall–Kier alpha value is -2.82. The normalized spacial score (nSPS) is 10.3. The number of nitrogens with one attached hydrogen (secondary N) is 1. The fourth-order valence-corrected chi connectivity index (χ4v) is 2.69. The Morgan fingerprint density at radius 2 is 1.50 bits per heavy atom. The number of carbonyl (C=O) groups is 2. The van der Waals surface area contributed by atoms with E-state index in [1.165, 1.54) is 0 Å². The number of benzene rings is 2. The second-order valence-electron chi connectivity index (χ2n) is 6.52. The molecule has 5 heteroatoms. The molecule has 0 radical (unpaired) electrons. The Bertz CT molecular complexity index is 804. The summed E-state index contributed by atoms with van der Waals surface area (Å²) in [5.41, 5.74) is 6.06. The van der Waals surface area contributed by atoms with E-state index in [0.717, 1.165) is 33.5 Å². The quantitative estimate of drug-likeness (QED) is 0.801. The van der Waals surface area contributed by atoms with Crippen molar-refractivity contribution in [3.05, 3.63) is 58.1 Å². The highest BCUT2D eigenvalue weighted by molar-refractivity contribution is 5.94. The van der Waals surface area contributed by atoms with Crippen LogP contribution in [-0.2, 0) is 14.3 Å². The molecule has 0 aliphatic heterocycles. The van der Waals surface area contributed by atoms with Gasteiger partial charge in [0.15, 0.2) is 13.2 Å². The van der Waals surface area contributed by atoms with Crippen molar-refractivity contribution in [2.24, 2.45) is 0 Å². The van der Waals surface area contributed by atoms with Gasteiger partial charge >= 0.3 is 5.97 Å². The van der Waals surface area contributed by atoms with Gasteiger partial charge in [-0.2, -0.15) is 0 Å². The Kier molecular flexibility index (Phi) is 6.39. The third-order valence-electron chi connectivity index (χ3n) is 4.14. The molecular formula is C21H25NO4. The van der Waals surface area contributed by atoms with Crippen molar-refractivity contribution in [2.45, 2.75) is 34.6 Å². The number of hydrogen-bond acceptors (Lipinski definition) is 4.